The summed E-state index contributed by atoms with van der Waals surface area (Å²) < 4.78 is 1.07. The smallest absolute Gasteiger partial charge is 0.239 e. The first-order valence-corrected chi connectivity index (χ1v) is 10.0. The average molecular weight is 497 g/mol. The first-order valence-electron chi connectivity index (χ1n) is 8.94. The van der Waals surface area contributed by atoms with Gasteiger partial charge in [-0.1, -0.05) is 30.4 Å². The van der Waals surface area contributed by atoms with Gasteiger partial charge in [-0.05, 0) is 60.1 Å². The molecule has 1 aliphatic rings. The fraction of sp³-hybridized carbons (Fsp3) is 0.350. The van der Waals surface area contributed by atoms with Crippen LogP contribution in [0.25, 0.3) is 0 Å². The van der Waals surface area contributed by atoms with Crippen molar-refractivity contribution in [3.8, 4) is 5.75 Å². The van der Waals surface area contributed by atoms with Gasteiger partial charge in [0, 0.05) is 9.50 Å². The molecule has 0 saturated heterocycles. The second kappa shape index (κ2) is 10.4. The number of halogens is 1. The van der Waals surface area contributed by atoms with Crippen LogP contribution < -0.4 is 16.4 Å². The van der Waals surface area contributed by atoms with Crippen LogP contribution in [0, 0.1) is 5.92 Å². The Morgan fingerprint density at radius 1 is 1.29 bits per heavy atom. The highest BCUT2D eigenvalue weighted by molar-refractivity contribution is 14.1. The molecule has 7 nitrogen and oxygen atoms in total. The van der Waals surface area contributed by atoms with Gasteiger partial charge in [-0.25, -0.2) is 0 Å². The maximum absolute atomic E-state index is 13.0. The maximum Gasteiger partial charge on any atom is 0.239 e. The number of hydrogen-bond acceptors (Lipinski definition) is 5. The van der Waals surface area contributed by atoms with Crippen LogP contribution in [0.1, 0.15) is 18.9 Å². The van der Waals surface area contributed by atoms with Crippen LogP contribution in [0.5, 0.6) is 5.75 Å². The standard InChI is InChI=1S/C20H24IN3O4/c1-12(22)20(28)23-11-18(26)24-17(10-13-2-8-16(25)9-3-13)19(27)14-4-6-15(21)7-5-14/h2-4,6-9,12,14,17,25H,5,10-11,22H2,1H3,(H,23,28)(H,24,26)/t12-,14?,17+/m1/s1. The Hall–Kier alpha value is -2.20. The number of hydrogen-bond donors (Lipinski definition) is 4. The third kappa shape index (κ3) is 6.75. The van der Waals surface area contributed by atoms with E-state index in [0.29, 0.717) is 6.42 Å². The molecule has 150 valence electrons. The lowest BCUT2D eigenvalue weighted by Crippen LogP contribution is -2.49. The number of aromatic hydroxyl groups is 1. The van der Waals surface area contributed by atoms with Crippen molar-refractivity contribution in [1.29, 1.82) is 0 Å². The first kappa shape index (κ1) is 22.1. The maximum atomic E-state index is 13.0. The van der Waals surface area contributed by atoms with Crippen molar-refractivity contribution in [3.05, 3.63) is 51.6 Å². The largest absolute Gasteiger partial charge is 0.508 e. The van der Waals surface area contributed by atoms with E-state index in [-0.39, 0.29) is 30.4 Å². The van der Waals surface area contributed by atoms with Crippen molar-refractivity contribution in [2.75, 3.05) is 6.54 Å². The molecule has 2 amide bonds. The van der Waals surface area contributed by atoms with Crippen molar-refractivity contribution in [3.63, 3.8) is 0 Å². The van der Waals surface area contributed by atoms with Crippen molar-refractivity contribution in [1.82, 2.24) is 10.6 Å². The molecular formula is C20H24IN3O4. The Morgan fingerprint density at radius 3 is 2.54 bits per heavy atom. The molecule has 5 N–H and O–H groups in total. The highest BCUT2D eigenvalue weighted by Crippen LogP contribution is 2.23. The van der Waals surface area contributed by atoms with Crippen molar-refractivity contribution in [2.45, 2.75) is 31.8 Å². The van der Waals surface area contributed by atoms with E-state index in [1.54, 1.807) is 12.1 Å². The molecule has 0 bridgehead atoms. The Bertz CT molecular complexity index is 787. The van der Waals surface area contributed by atoms with Gasteiger partial charge in [-0.3, -0.25) is 14.4 Å². The topological polar surface area (TPSA) is 122 Å². The zero-order valence-electron chi connectivity index (χ0n) is 15.5. The van der Waals surface area contributed by atoms with Gasteiger partial charge >= 0.3 is 0 Å². The number of amides is 2. The summed E-state index contributed by atoms with van der Waals surface area (Å²) in [6.07, 6.45) is 6.58. The molecule has 0 aromatic heterocycles. The van der Waals surface area contributed by atoms with Gasteiger partial charge in [0.05, 0.1) is 18.6 Å². The SMILES string of the molecule is C[C@@H](N)C(=O)NCC(=O)N[C@@H](Cc1ccc(O)cc1)C(=O)C1C=CC(I)=CC1. The Labute approximate surface area is 177 Å². The highest BCUT2D eigenvalue weighted by Gasteiger charge is 2.27. The number of nitrogens with two attached hydrogens (primary N) is 1. The number of phenolic OH excluding ortho intramolecular Hbond substituents is 1. The molecule has 0 radical (unpaired) electrons. The number of ketones is 1. The summed E-state index contributed by atoms with van der Waals surface area (Å²) in [5, 5.41) is 14.6. The summed E-state index contributed by atoms with van der Waals surface area (Å²) in [7, 11) is 0. The molecule has 1 aromatic rings. The minimum absolute atomic E-state index is 0.101. The van der Waals surface area contributed by atoms with E-state index in [1.807, 2.05) is 18.2 Å². The van der Waals surface area contributed by atoms with Crippen molar-refractivity contribution < 1.29 is 19.5 Å². The fourth-order valence-electron chi connectivity index (χ4n) is 2.73. The van der Waals surface area contributed by atoms with E-state index in [4.69, 9.17) is 5.73 Å². The quantitative estimate of drug-likeness (QED) is 0.404. The zero-order chi connectivity index (χ0) is 20.7. The summed E-state index contributed by atoms with van der Waals surface area (Å²) in [4.78, 5) is 36.8. The monoisotopic (exact) mass is 497 g/mol. The normalized spacial score (nSPS) is 18.0. The number of benzene rings is 1. The molecule has 0 fully saturated rings. The predicted octanol–water partition coefficient (Wildman–Crippen LogP) is 1.35. The second-order valence-electron chi connectivity index (χ2n) is 6.69. The van der Waals surface area contributed by atoms with Gasteiger partial charge in [-0.15, -0.1) is 0 Å². The fourth-order valence-corrected chi connectivity index (χ4v) is 3.19. The lowest BCUT2D eigenvalue weighted by molar-refractivity contribution is -0.130. The molecule has 2 rings (SSSR count). The number of allylic oxidation sites excluding steroid dienone is 4. The van der Waals surface area contributed by atoms with Gasteiger partial charge < -0.3 is 21.5 Å². The van der Waals surface area contributed by atoms with Gasteiger partial charge in [0.25, 0.3) is 0 Å². The highest BCUT2D eigenvalue weighted by atomic mass is 127. The van der Waals surface area contributed by atoms with Gasteiger partial charge in [-0.2, -0.15) is 0 Å². The van der Waals surface area contributed by atoms with E-state index < -0.39 is 23.9 Å². The molecule has 8 heteroatoms. The number of carbonyl (C=O) groups is 3. The zero-order valence-corrected chi connectivity index (χ0v) is 17.7. The summed E-state index contributed by atoms with van der Waals surface area (Å²) in [6.45, 7) is 1.27. The average Bonchev–Trinajstić information content (AvgIpc) is 2.67. The molecule has 0 heterocycles. The van der Waals surface area contributed by atoms with Gasteiger partial charge in [0.15, 0.2) is 5.78 Å². The summed E-state index contributed by atoms with van der Waals surface area (Å²) in [5.74, 6) is -1.19. The van der Waals surface area contributed by atoms with Crippen LogP contribution in [-0.4, -0.2) is 41.3 Å². The van der Waals surface area contributed by atoms with Crippen LogP contribution >= 0.6 is 22.6 Å². The minimum Gasteiger partial charge on any atom is -0.508 e. The van der Waals surface area contributed by atoms with Crippen LogP contribution in [0.3, 0.4) is 0 Å². The molecule has 28 heavy (non-hydrogen) atoms. The Kier molecular flexibility index (Phi) is 8.18. The van der Waals surface area contributed by atoms with E-state index in [1.165, 1.54) is 19.1 Å². The van der Waals surface area contributed by atoms with Crippen LogP contribution in [0.4, 0.5) is 0 Å². The predicted molar refractivity (Wildman–Crippen MR) is 115 cm³/mol. The minimum atomic E-state index is -0.747. The molecule has 1 aliphatic carbocycles. The molecule has 0 aliphatic heterocycles. The van der Waals surface area contributed by atoms with Crippen LogP contribution in [-0.2, 0) is 20.8 Å². The Morgan fingerprint density at radius 2 is 1.96 bits per heavy atom. The van der Waals surface area contributed by atoms with E-state index >= 15 is 0 Å². The van der Waals surface area contributed by atoms with Gasteiger partial charge in [0.1, 0.15) is 5.75 Å². The summed E-state index contributed by atoms with van der Waals surface area (Å²) >= 11 is 2.19. The number of rotatable bonds is 8. The van der Waals surface area contributed by atoms with Crippen LogP contribution in [0.15, 0.2) is 46.1 Å². The molecule has 0 spiro atoms. The van der Waals surface area contributed by atoms with E-state index in [2.05, 4.69) is 33.2 Å². The van der Waals surface area contributed by atoms with Crippen LogP contribution in [0.2, 0.25) is 0 Å². The molecular weight excluding hydrogens is 473 g/mol. The number of phenols is 1. The molecule has 1 aromatic carbocycles. The van der Waals surface area contributed by atoms with Gasteiger partial charge in [0.2, 0.25) is 11.8 Å². The van der Waals surface area contributed by atoms with E-state index in [9.17, 15) is 19.5 Å². The molecule has 3 atom stereocenters. The third-order valence-corrected chi connectivity index (χ3v) is 5.11. The Balaban J connectivity index is 2.08. The molecule has 1 unspecified atom stereocenters. The lowest BCUT2D eigenvalue weighted by atomic mass is 9.89. The summed E-state index contributed by atoms with van der Waals surface area (Å²) in [5.41, 5.74) is 6.27. The number of carbonyl (C=O) groups excluding carboxylic acids is 3. The third-order valence-electron chi connectivity index (χ3n) is 4.31. The summed E-state index contributed by atoms with van der Waals surface area (Å²) in [6, 6.07) is 5.02. The number of nitrogens with one attached hydrogen (secondary N) is 2. The molecule has 0 saturated carbocycles. The van der Waals surface area contributed by atoms with Crippen molar-refractivity contribution >= 4 is 40.2 Å². The second-order valence-corrected chi connectivity index (χ2v) is 7.94. The van der Waals surface area contributed by atoms with E-state index in [0.717, 1.165) is 9.14 Å². The first-order chi connectivity index (χ1) is 13.3. The number of Topliss-reactive ketones (excluding diaryl/α,β-unsaturated/α-hetero) is 1. The van der Waals surface area contributed by atoms with Crippen molar-refractivity contribution in [2.24, 2.45) is 11.7 Å². The lowest BCUT2D eigenvalue weighted by Gasteiger charge is -2.23.